The molecule has 28 heavy (non-hydrogen) atoms. The van der Waals surface area contributed by atoms with Crippen LogP contribution in [0.15, 0.2) is 12.2 Å². The monoisotopic (exact) mass is 422 g/mol. The fraction of sp³-hybridized carbons (Fsp3) is 0.850. The summed E-state index contributed by atoms with van der Waals surface area (Å²) < 4.78 is 27.9. The number of rotatable bonds is 18. The smallest absolute Gasteiger partial charge is 0.460 e. The number of phosphoric ester groups is 1. The third-order valence-corrected chi connectivity index (χ3v) is 5.72. The number of esters is 1. The fourth-order valence-corrected chi connectivity index (χ4v) is 3.64. The van der Waals surface area contributed by atoms with Gasteiger partial charge in [0, 0.05) is 5.57 Å². The van der Waals surface area contributed by atoms with Crippen LogP contribution in [0.25, 0.3) is 0 Å². The Hall–Kier alpha value is -0.720. The molecule has 0 saturated carbocycles. The third kappa shape index (κ3) is 12.7. The predicted molar refractivity (Wildman–Crippen MR) is 112 cm³/mol. The molecule has 166 valence electrons. The molecule has 0 amide bonds. The van der Waals surface area contributed by atoms with E-state index in [9.17, 15) is 14.3 Å². The zero-order valence-corrected chi connectivity index (χ0v) is 19.2. The molecule has 0 aliphatic carbocycles. The van der Waals surface area contributed by atoms with Crippen LogP contribution in [0.3, 0.4) is 0 Å². The van der Waals surface area contributed by atoms with Crippen molar-refractivity contribution in [3.63, 3.8) is 0 Å². The summed E-state index contributed by atoms with van der Waals surface area (Å²) >= 11 is 0. The number of ether oxygens (including phenoxy) is 1. The second-order valence-electron chi connectivity index (χ2n) is 7.35. The average molecular weight is 423 g/mol. The first-order chi connectivity index (χ1) is 13.2. The minimum absolute atomic E-state index is 0.122. The lowest BCUT2D eigenvalue weighted by Gasteiger charge is -2.39. The molecule has 0 aromatic heterocycles. The molecule has 1 atom stereocenters. The summed E-state index contributed by atoms with van der Waals surface area (Å²) in [5, 5.41) is 0. The van der Waals surface area contributed by atoms with Crippen LogP contribution < -0.4 is 0 Å². The Morgan fingerprint density at radius 1 is 0.893 bits per heavy atom. The summed E-state index contributed by atoms with van der Waals surface area (Å²) in [7, 11) is -4.16. The normalized spacial score (nSPS) is 13.9. The van der Waals surface area contributed by atoms with Crippen molar-refractivity contribution < 1.29 is 32.5 Å². The first-order valence-electron chi connectivity index (χ1n) is 10.5. The molecule has 0 spiro atoms. The van der Waals surface area contributed by atoms with Gasteiger partial charge in [-0.2, -0.15) is 0 Å². The van der Waals surface area contributed by atoms with Crippen LogP contribution in [0, 0.1) is 0 Å². The van der Waals surface area contributed by atoms with Crippen LogP contribution in [0.1, 0.15) is 66.2 Å². The highest BCUT2D eigenvalue weighted by Crippen LogP contribution is 2.42. The maximum absolute atomic E-state index is 12.1. The van der Waals surface area contributed by atoms with E-state index in [2.05, 4.69) is 27.4 Å². The van der Waals surface area contributed by atoms with Crippen LogP contribution >= 0.6 is 7.82 Å². The van der Waals surface area contributed by atoms with Crippen LogP contribution in [-0.4, -0.2) is 61.3 Å². The molecule has 1 unspecified atom stereocenters. The van der Waals surface area contributed by atoms with E-state index in [0.717, 1.165) is 62.6 Å². The standard InChI is InChI=1S/C20H40NO6P/c1-6-9-12-21(13-10-7-2,14-11-8-3)15-16-26-28(23,24)27-18-17-25-20(22)19(4)5/h4,6-18H2,1-3,5H3/p+1. The van der Waals surface area contributed by atoms with E-state index in [1.807, 2.05) is 0 Å². The molecule has 7 nitrogen and oxygen atoms in total. The van der Waals surface area contributed by atoms with E-state index in [0.29, 0.717) is 6.54 Å². The molecule has 0 heterocycles. The maximum Gasteiger partial charge on any atom is 0.472 e. The topological polar surface area (TPSA) is 82.1 Å². The molecule has 8 heteroatoms. The molecule has 0 bridgehead atoms. The van der Waals surface area contributed by atoms with E-state index in [4.69, 9.17) is 13.8 Å². The van der Waals surface area contributed by atoms with Gasteiger partial charge >= 0.3 is 13.8 Å². The molecule has 1 N–H and O–H groups in total. The Balaban J connectivity index is 4.57. The third-order valence-electron chi connectivity index (χ3n) is 4.70. The van der Waals surface area contributed by atoms with Gasteiger partial charge in [-0.3, -0.25) is 9.05 Å². The first-order valence-corrected chi connectivity index (χ1v) is 12.0. The van der Waals surface area contributed by atoms with Crippen LogP contribution in [-0.2, 0) is 23.1 Å². The Morgan fingerprint density at radius 2 is 1.36 bits per heavy atom. The molecule has 0 radical (unpaired) electrons. The Kier molecular flexibility index (Phi) is 14.8. The molecule has 0 aliphatic heterocycles. The van der Waals surface area contributed by atoms with Gasteiger partial charge in [0.15, 0.2) is 0 Å². The summed E-state index contributed by atoms with van der Waals surface area (Å²) in [4.78, 5) is 21.1. The van der Waals surface area contributed by atoms with Gasteiger partial charge in [-0.05, 0) is 26.2 Å². The van der Waals surface area contributed by atoms with Gasteiger partial charge in [0.2, 0.25) is 0 Å². The van der Waals surface area contributed by atoms with Gasteiger partial charge in [-0.15, -0.1) is 0 Å². The number of carbonyl (C=O) groups is 1. The number of quaternary nitrogens is 1. The number of phosphoric acid groups is 1. The minimum atomic E-state index is -4.16. The van der Waals surface area contributed by atoms with Crippen molar-refractivity contribution in [1.82, 2.24) is 0 Å². The van der Waals surface area contributed by atoms with Crippen molar-refractivity contribution in [3.05, 3.63) is 12.2 Å². The van der Waals surface area contributed by atoms with E-state index < -0.39 is 13.8 Å². The van der Waals surface area contributed by atoms with E-state index in [-0.39, 0.29) is 25.4 Å². The van der Waals surface area contributed by atoms with Gasteiger partial charge in [0.05, 0.1) is 26.2 Å². The summed E-state index contributed by atoms with van der Waals surface area (Å²) in [6, 6.07) is 0. The van der Waals surface area contributed by atoms with Gasteiger partial charge < -0.3 is 14.1 Å². The van der Waals surface area contributed by atoms with E-state index in [1.54, 1.807) is 0 Å². The van der Waals surface area contributed by atoms with Gasteiger partial charge in [0.1, 0.15) is 19.8 Å². The lowest BCUT2D eigenvalue weighted by atomic mass is 10.1. The summed E-state index contributed by atoms with van der Waals surface area (Å²) in [5.41, 5.74) is 0.267. The largest absolute Gasteiger partial charge is 0.472 e. The van der Waals surface area contributed by atoms with Crippen molar-refractivity contribution in [2.75, 3.05) is 46.0 Å². The van der Waals surface area contributed by atoms with Crippen molar-refractivity contribution in [2.24, 2.45) is 0 Å². The average Bonchev–Trinajstić information content (AvgIpc) is 2.65. The molecule has 0 aliphatic rings. The number of unbranched alkanes of at least 4 members (excludes halogenated alkanes) is 3. The van der Waals surface area contributed by atoms with Crippen molar-refractivity contribution in [2.45, 2.75) is 66.2 Å². The van der Waals surface area contributed by atoms with Gasteiger partial charge in [-0.1, -0.05) is 46.6 Å². The number of hydrogen-bond donors (Lipinski definition) is 1. The molecular formula is C20H41NO6P+. The highest BCUT2D eigenvalue weighted by molar-refractivity contribution is 7.47. The highest BCUT2D eigenvalue weighted by atomic mass is 31.2. The Bertz CT molecular complexity index is 475. The maximum atomic E-state index is 12.1. The highest BCUT2D eigenvalue weighted by Gasteiger charge is 2.28. The van der Waals surface area contributed by atoms with Crippen LogP contribution in [0.2, 0.25) is 0 Å². The number of hydrogen-bond acceptors (Lipinski definition) is 5. The van der Waals surface area contributed by atoms with E-state index in [1.165, 1.54) is 6.92 Å². The predicted octanol–water partition coefficient (Wildman–Crippen LogP) is 4.46. The van der Waals surface area contributed by atoms with E-state index >= 15 is 0 Å². The van der Waals surface area contributed by atoms with Gasteiger partial charge in [0.25, 0.3) is 0 Å². The minimum Gasteiger partial charge on any atom is -0.460 e. The van der Waals surface area contributed by atoms with Crippen molar-refractivity contribution in [3.8, 4) is 0 Å². The quantitative estimate of drug-likeness (QED) is 0.115. The molecule has 0 aromatic carbocycles. The van der Waals surface area contributed by atoms with Crippen molar-refractivity contribution >= 4 is 13.8 Å². The molecule has 0 aromatic rings. The first kappa shape index (κ1) is 27.3. The molecular weight excluding hydrogens is 381 g/mol. The zero-order chi connectivity index (χ0) is 21.5. The van der Waals surface area contributed by atoms with Crippen molar-refractivity contribution in [1.29, 1.82) is 0 Å². The van der Waals surface area contributed by atoms with Gasteiger partial charge in [-0.25, -0.2) is 9.36 Å². The Labute approximate surface area is 171 Å². The second kappa shape index (κ2) is 15.2. The number of nitrogens with zero attached hydrogens (tertiary/aromatic N) is 1. The summed E-state index contributed by atoms with van der Waals surface area (Å²) in [6.07, 6.45) is 6.79. The van der Waals surface area contributed by atoms with Crippen LogP contribution in [0.4, 0.5) is 0 Å². The lowest BCUT2D eigenvalue weighted by Crippen LogP contribution is -2.52. The van der Waals surface area contributed by atoms with Crippen LogP contribution in [0.5, 0.6) is 0 Å². The summed E-state index contributed by atoms with van der Waals surface area (Å²) in [5.74, 6) is -0.554. The second-order valence-corrected chi connectivity index (χ2v) is 8.80. The molecule has 0 saturated heterocycles. The number of carbonyl (C=O) groups excluding carboxylic acids is 1. The summed E-state index contributed by atoms with van der Waals surface area (Å²) in [6.45, 7) is 15.3. The zero-order valence-electron chi connectivity index (χ0n) is 18.3. The molecule has 0 rings (SSSR count). The molecule has 0 fully saturated rings. The fourth-order valence-electron chi connectivity index (χ4n) is 2.95. The SMILES string of the molecule is C=C(C)C(=O)OCCOP(=O)(O)OCC[N+](CCCC)(CCCC)CCCC. The Morgan fingerprint density at radius 3 is 1.79 bits per heavy atom. The lowest BCUT2D eigenvalue weighted by molar-refractivity contribution is -0.928.